The zero-order valence-electron chi connectivity index (χ0n) is 15.5. The fourth-order valence-electron chi connectivity index (χ4n) is 3.32. The highest BCUT2D eigenvalue weighted by Crippen LogP contribution is 2.28. The third kappa shape index (κ3) is 3.93. The molecule has 29 heavy (non-hydrogen) atoms. The average molecular weight is 418 g/mol. The molecule has 0 radical (unpaired) electrons. The summed E-state index contributed by atoms with van der Waals surface area (Å²) in [5.74, 6) is -1.30. The molecule has 0 fully saturated rings. The van der Waals surface area contributed by atoms with Gasteiger partial charge in [-0.2, -0.15) is 5.26 Å². The molecule has 8 nitrogen and oxygen atoms in total. The van der Waals surface area contributed by atoms with Crippen LogP contribution >= 0.6 is 0 Å². The van der Waals surface area contributed by atoms with Crippen molar-refractivity contribution >= 4 is 21.6 Å². The van der Waals surface area contributed by atoms with Gasteiger partial charge in [-0.15, -0.1) is 6.58 Å². The molecule has 0 spiro atoms. The molecule has 1 aromatic heterocycles. The number of nitrogens with zero attached hydrogens (tertiary/aromatic N) is 2. The number of aryl methyl sites for hydroxylation is 1. The molecular weight excluding hydrogens is 399 g/mol. The summed E-state index contributed by atoms with van der Waals surface area (Å²) in [5.41, 5.74) is 0.430. The molecule has 1 aromatic carbocycles. The Kier molecular flexibility index (Phi) is 5.57. The summed E-state index contributed by atoms with van der Waals surface area (Å²) in [4.78, 5) is 12.8. The molecular formula is C19H19FN4O4S. The molecule has 3 rings (SSSR count). The van der Waals surface area contributed by atoms with Crippen LogP contribution in [0.2, 0.25) is 0 Å². The van der Waals surface area contributed by atoms with Crippen LogP contribution < -0.4 is 10.0 Å². The average Bonchev–Trinajstić information content (AvgIpc) is 2.96. The summed E-state index contributed by atoms with van der Waals surface area (Å²) in [6.45, 7) is 3.48. The van der Waals surface area contributed by atoms with Crippen molar-refractivity contribution in [2.75, 3.05) is 5.32 Å². The van der Waals surface area contributed by atoms with Crippen LogP contribution in [-0.2, 0) is 23.5 Å². The number of fused-ring (bicyclic) bond motifs is 1. The minimum Gasteiger partial charge on any atom is -0.387 e. The van der Waals surface area contributed by atoms with Crippen LogP contribution in [0.3, 0.4) is 0 Å². The Balaban J connectivity index is 1.97. The first kappa shape index (κ1) is 20.7. The normalized spacial score (nSPS) is 18.8. The summed E-state index contributed by atoms with van der Waals surface area (Å²) in [7, 11) is -2.42. The highest BCUT2D eigenvalue weighted by Gasteiger charge is 2.34. The van der Waals surface area contributed by atoms with Gasteiger partial charge in [0.2, 0.25) is 10.0 Å². The van der Waals surface area contributed by atoms with E-state index >= 15 is 0 Å². The molecule has 1 aliphatic heterocycles. The van der Waals surface area contributed by atoms with E-state index in [0.717, 1.165) is 6.07 Å². The number of aliphatic hydroxyl groups is 1. The Morgan fingerprint density at radius 2 is 2.28 bits per heavy atom. The molecule has 2 heterocycles. The minimum atomic E-state index is -3.96. The van der Waals surface area contributed by atoms with Crippen molar-refractivity contribution in [3.8, 4) is 6.07 Å². The number of nitriles is 1. The highest BCUT2D eigenvalue weighted by atomic mass is 32.2. The van der Waals surface area contributed by atoms with Gasteiger partial charge in [0.25, 0.3) is 5.91 Å². The third-order valence-electron chi connectivity index (χ3n) is 4.76. The predicted octanol–water partition coefficient (Wildman–Crippen LogP) is 1.43. The first-order valence-electron chi connectivity index (χ1n) is 8.70. The number of hydrogen-bond acceptors (Lipinski definition) is 5. The second-order valence-corrected chi connectivity index (χ2v) is 8.37. The van der Waals surface area contributed by atoms with Gasteiger partial charge in [-0.25, -0.2) is 17.5 Å². The maximum Gasteiger partial charge on any atom is 0.272 e. The van der Waals surface area contributed by atoms with E-state index in [1.54, 1.807) is 13.1 Å². The van der Waals surface area contributed by atoms with Gasteiger partial charge in [0.15, 0.2) is 0 Å². The Morgan fingerprint density at radius 3 is 2.93 bits per heavy atom. The quantitative estimate of drug-likeness (QED) is 0.648. The lowest BCUT2D eigenvalue weighted by Gasteiger charge is -2.19. The molecule has 1 aliphatic rings. The number of carbonyl (C=O) groups excluding carboxylic acids is 1. The second kappa shape index (κ2) is 7.79. The van der Waals surface area contributed by atoms with Crippen molar-refractivity contribution in [3.05, 3.63) is 59.7 Å². The zero-order valence-corrected chi connectivity index (χ0v) is 16.3. The monoisotopic (exact) mass is 418 g/mol. The van der Waals surface area contributed by atoms with Crippen molar-refractivity contribution in [1.29, 1.82) is 5.26 Å². The number of carbonyl (C=O) groups is 1. The summed E-state index contributed by atoms with van der Waals surface area (Å²) < 4.78 is 42.8. The molecule has 2 aromatic rings. The number of halogens is 1. The van der Waals surface area contributed by atoms with Crippen molar-refractivity contribution in [2.45, 2.75) is 29.9 Å². The number of anilines is 1. The van der Waals surface area contributed by atoms with Crippen molar-refractivity contribution in [3.63, 3.8) is 0 Å². The van der Waals surface area contributed by atoms with Gasteiger partial charge in [0.05, 0.1) is 17.7 Å². The van der Waals surface area contributed by atoms with Crippen LogP contribution in [0, 0.1) is 17.1 Å². The van der Waals surface area contributed by atoms with Crippen LogP contribution in [0.15, 0.2) is 41.9 Å². The van der Waals surface area contributed by atoms with Gasteiger partial charge in [0, 0.05) is 24.5 Å². The molecule has 0 unspecified atom stereocenters. The van der Waals surface area contributed by atoms with Gasteiger partial charge in [-0.1, -0.05) is 6.08 Å². The van der Waals surface area contributed by atoms with E-state index in [1.165, 1.54) is 29.0 Å². The van der Waals surface area contributed by atoms with E-state index < -0.39 is 33.9 Å². The molecule has 0 saturated heterocycles. The molecule has 0 saturated carbocycles. The van der Waals surface area contributed by atoms with Crippen LogP contribution in [0.1, 0.15) is 28.0 Å². The maximum atomic E-state index is 13.5. The van der Waals surface area contributed by atoms with Crippen LogP contribution in [0.5, 0.6) is 0 Å². The van der Waals surface area contributed by atoms with Crippen molar-refractivity contribution < 1.29 is 22.7 Å². The number of sulfonamides is 1. The summed E-state index contributed by atoms with van der Waals surface area (Å²) in [6.07, 6.45) is 2.01. The van der Waals surface area contributed by atoms with E-state index in [1.807, 2.05) is 0 Å². The SMILES string of the molecule is C=C[C@H](O)[C@H]1CCc2c(cn(C)c2C(=O)Nc2ccc(F)c(C#N)c2)S(=O)(=O)N1. The second-order valence-electron chi connectivity index (χ2n) is 6.68. The third-order valence-corrected chi connectivity index (χ3v) is 6.31. The number of rotatable bonds is 4. The van der Waals surface area contributed by atoms with Gasteiger partial charge in [-0.3, -0.25) is 4.79 Å². The molecule has 10 heteroatoms. The predicted molar refractivity (Wildman–Crippen MR) is 103 cm³/mol. The molecule has 152 valence electrons. The Morgan fingerprint density at radius 1 is 1.55 bits per heavy atom. The summed E-state index contributed by atoms with van der Waals surface area (Å²) in [6, 6.07) is 4.50. The Hall–Kier alpha value is -3.00. The zero-order chi connectivity index (χ0) is 21.3. The Labute approximate surface area is 167 Å². The summed E-state index contributed by atoms with van der Waals surface area (Å²) >= 11 is 0. The molecule has 0 bridgehead atoms. The van der Waals surface area contributed by atoms with Crippen molar-refractivity contribution in [2.24, 2.45) is 7.05 Å². The first-order valence-corrected chi connectivity index (χ1v) is 10.2. The topological polar surface area (TPSA) is 124 Å². The van der Waals surface area contributed by atoms with E-state index in [4.69, 9.17) is 5.26 Å². The van der Waals surface area contributed by atoms with Crippen LogP contribution in [0.25, 0.3) is 0 Å². The number of nitrogens with one attached hydrogen (secondary N) is 2. The fraction of sp³-hybridized carbons (Fsp3) is 0.263. The van der Waals surface area contributed by atoms with E-state index in [-0.39, 0.29) is 34.7 Å². The van der Waals surface area contributed by atoms with Crippen LogP contribution in [0.4, 0.5) is 10.1 Å². The van der Waals surface area contributed by atoms with Gasteiger partial charge in [0.1, 0.15) is 22.5 Å². The first-order chi connectivity index (χ1) is 13.7. The van der Waals surface area contributed by atoms with Gasteiger partial charge < -0.3 is 15.0 Å². The van der Waals surface area contributed by atoms with Crippen LogP contribution in [-0.4, -0.2) is 36.1 Å². The highest BCUT2D eigenvalue weighted by molar-refractivity contribution is 7.89. The number of aromatic nitrogens is 1. The summed E-state index contributed by atoms with van der Waals surface area (Å²) in [5, 5.41) is 21.5. The number of amides is 1. The van der Waals surface area contributed by atoms with Gasteiger partial charge >= 0.3 is 0 Å². The number of aliphatic hydroxyl groups excluding tert-OH is 1. The smallest absolute Gasteiger partial charge is 0.272 e. The lowest BCUT2D eigenvalue weighted by atomic mass is 10.0. The molecule has 1 amide bonds. The standard InChI is InChI=1S/C19H19FN4O4S/c1-3-16(25)15-7-5-13-17(29(27,28)23-15)10-24(2)18(13)19(26)22-12-4-6-14(20)11(8-12)9-21/h3-4,6,8,10,15-16,23,25H,1,5,7H2,2H3,(H,22,26)/t15-,16+/m1/s1. The number of benzene rings is 1. The van der Waals surface area contributed by atoms with E-state index in [0.29, 0.717) is 5.56 Å². The maximum absolute atomic E-state index is 13.5. The largest absolute Gasteiger partial charge is 0.387 e. The van der Waals surface area contributed by atoms with Gasteiger partial charge in [-0.05, 0) is 31.0 Å². The minimum absolute atomic E-state index is 0.0410. The number of hydrogen-bond donors (Lipinski definition) is 3. The van der Waals surface area contributed by atoms with E-state index in [9.17, 15) is 22.7 Å². The Bertz CT molecular complexity index is 1130. The fourth-order valence-corrected chi connectivity index (χ4v) is 4.93. The van der Waals surface area contributed by atoms with E-state index in [2.05, 4.69) is 16.6 Å². The lowest BCUT2D eigenvalue weighted by molar-refractivity contribution is 0.101. The van der Waals surface area contributed by atoms with Crippen molar-refractivity contribution in [1.82, 2.24) is 9.29 Å². The molecule has 2 atom stereocenters. The molecule has 0 aliphatic carbocycles. The molecule has 3 N–H and O–H groups in total. The lowest BCUT2D eigenvalue weighted by Crippen LogP contribution is -2.41.